The molecule has 1 aliphatic rings. The maximum absolute atomic E-state index is 14.3. The van der Waals surface area contributed by atoms with Crippen LogP contribution in [-0.2, 0) is 15.1 Å². The minimum absolute atomic E-state index is 0.0429. The van der Waals surface area contributed by atoms with Crippen molar-refractivity contribution in [3.8, 4) is 0 Å². The van der Waals surface area contributed by atoms with Gasteiger partial charge in [-0.2, -0.15) is 23.3 Å². The van der Waals surface area contributed by atoms with Gasteiger partial charge in [-0.05, 0) is 19.1 Å². The molecule has 1 fully saturated rings. The number of H-pyrrole nitrogens is 1. The van der Waals surface area contributed by atoms with Crippen LogP contribution in [0.15, 0.2) is 54.7 Å². The molecule has 0 radical (unpaired) electrons. The number of aryl methyl sites for hydroxylation is 1. The number of methoxy groups -OCH3 is 1. The van der Waals surface area contributed by atoms with E-state index < -0.39 is 17.7 Å². The number of hydrogen-bond acceptors (Lipinski definition) is 7. The number of rotatable bonds is 6. The second kappa shape index (κ2) is 9.39. The van der Waals surface area contributed by atoms with Crippen molar-refractivity contribution in [2.45, 2.75) is 18.7 Å². The van der Waals surface area contributed by atoms with E-state index in [-0.39, 0.29) is 31.7 Å². The van der Waals surface area contributed by atoms with Gasteiger partial charge in [0.1, 0.15) is 5.52 Å². The Hall–Kier alpha value is -4.13. The van der Waals surface area contributed by atoms with Crippen LogP contribution in [0.4, 0.5) is 30.8 Å². The highest BCUT2D eigenvalue weighted by molar-refractivity contribution is 5.88. The van der Waals surface area contributed by atoms with Crippen molar-refractivity contribution in [1.82, 2.24) is 29.7 Å². The van der Waals surface area contributed by atoms with E-state index in [0.717, 1.165) is 18.3 Å². The molecule has 5 rings (SSSR count). The Bertz CT molecular complexity index is 1400. The summed E-state index contributed by atoms with van der Waals surface area (Å²) in [5, 5.41) is 14.8. The van der Waals surface area contributed by atoms with Crippen molar-refractivity contribution < 1.29 is 22.7 Å². The van der Waals surface area contributed by atoms with Gasteiger partial charge < -0.3 is 19.9 Å². The highest BCUT2D eigenvalue weighted by Gasteiger charge is 2.63. The molecule has 0 saturated carbocycles. The molecule has 0 bridgehead atoms. The predicted octanol–water partition coefficient (Wildman–Crippen LogP) is 3.26. The number of hydrogen-bond donors (Lipinski definition) is 2. The Morgan fingerprint density at radius 1 is 1.08 bits per heavy atom. The van der Waals surface area contributed by atoms with E-state index in [4.69, 9.17) is 4.74 Å². The van der Waals surface area contributed by atoms with Crippen molar-refractivity contribution in [1.29, 1.82) is 0 Å². The lowest BCUT2D eigenvalue weighted by atomic mass is 9.90. The van der Waals surface area contributed by atoms with Gasteiger partial charge in [-0.25, -0.2) is 4.52 Å². The van der Waals surface area contributed by atoms with Gasteiger partial charge in [0, 0.05) is 56.8 Å². The van der Waals surface area contributed by atoms with E-state index in [1.54, 1.807) is 16.8 Å². The van der Waals surface area contributed by atoms with Crippen LogP contribution < -0.4 is 10.2 Å². The van der Waals surface area contributed by atoms with Crippen molar-refractivity contribution in [3.63, 3.8) is 0 Å². The van der Waals surface area contributed by atoms with Crippen LogP contribution in [0.3, 0.4) is 0 Å². The van der Waals surface area contributed by atoms with Gasteiger partial charge in [-0.3, -0.25) is 9.89 Å². The largest absolute Gasteiger partial charge is 0.430 e. The summed E-state index contributed by atoms with van der Waals surface area (Å²) in [6, 6.07) is 12.5. The quantitative estimate of drug-likeness (QED) is 0.407. The molecule has 37 heavy (non-hydrogen) atoms. The summed E-state index contributed by atoms with van der Waals surface area (Å²) in [5.41, 5.74) is -1.74. The third kappa shape index (κ3) is 4.35. The van der Waals surface area contributed by atoms with Crippen LogP contribution in [0.5, 0.6) is 0 Å². The number of alkyl halides is 3. The van der Waals surface area contributed by atoms with Gasteiger partial charge in [-0.1, -0.05) is 30.3 Å². The van der Waals surface area contributed by atoms with Crippen LogP contribution in [0.1, 0.15) is 11.3 Å². The van der Waals surface area contributed by atoms with E-state index in [1.807, 2.05) is 30.0 Å². The van der Waals surface area contributed by atoms with E-state index in [1.165, 1.54) is 29.2 Å². The summed E-state index contributed by atoms with van der Waals surface area (Å²) in [5.74, 6) is 0.345. The maximum atomic E-state index is 14.3. The highest BCUT2D eigenvalue weighted by Crippen LogP contribution is 2.43. The molecule has 2 N–H and O–H groups in total. The molecule has 1 saturated heterocycles. The highest BCUT2D eigenvalue weighted by atomic mass is 19.4. The topological polar surface area (TPSA) is 104 Å². The van der Waals surface area contributed by atoms with E-state index in [9.17, 15) is 18.0 Å². The molecule has 194 valence electrons. The fourth-order valence-electron chi connectivity index (χ4n) is 4.49. The molecule has 1 amide bonds. The third-order valence-electron chi connectivity index (χ3n) is 6.37. The summed E-state index contributed by atoms with van der Waals surface area (Å²) < 4.78 is 49.6. The zero-order valence-electron chi connectivity index (χ0n) is 20.2. The van der Waals surface area contributed by atoms with Gasteiger partial charge in [0.2, 0.25) is 5.95 Å². The standard InChI is InChI=1S/C24H25F3N8O2/c1-16-15-19(31-30-16)28-20-18-9-6-10-35(18)32-22(29-20)34-13-11-33(12-14-34)21(36)23(37-2,24(25,26)27)17-7-4-3-5-8-17/h3-10,15H,11-14H2,1-2H3,(H2,28,29,30,31,32). The lowest BCUT2D eigenvalue weighted by molar-refractivity contribution is -0.270. The first-order valence-corrected chi connectivity index (χ1v) is 11.6. The average molecular weight is 515 g/mol. The molecule has 1 aromatic carbocycles. The summed E-state index contributed by atoms with van der Waals surface area (Å²) in [7, 11) is 0.907. The number of nitrogens with zero attached hydrogens (tertiary/aromatic N) is 6. The predicted molar refractivity (Wildman–Crippen MR) is 130 cm³/mol. The zero-order valence-corrected chi connectivity index (χ0v) is 20.2. The first-order chi connectivity index (χ1) is 17.7. The molecular formula is C24H25F3N8O2. The lowest BCUT2D eigenvalue weighted by Crippen LogP contribution is -2.60. The van der Waals surface area contributed by atoms with Crippen molar-refractivity contribution in [3.05, 3.63) is 66.0 Å². The molecule has 13 heteroatoms. The Labute approximate surface area is 210 Å². The number of anilines is 3. The fourth-order valence-corrected chi connectivity index (χ4v) is 4.49. The van der Waals surface area contributed by atoms with Crippen LogP contribution in [-0.4, -0.2) is 75.1 Å². The molecule has 1 atom stereocenters. The number of carbonyl (C=O) groups is 1. The monoisotopic (exact) mass is 514 g/mol. The minimum atomic E-state index is -4.95. The summed E-state index contributed by atoms with van der Waals surface area (Å²) in [4.78, 5) is 21.0. The second-order valence-electron chi connectivity index (χ2n) is 8.69. The molecular weight excluding hydrogens is 489 g/mol. The molecule has 1 aliphatic heterocycles. The van der Waals surface area contributed by atoms with Crippen LogP contribution in [0.2, 0.25) is 0 Å². The average Bonchev–Trinajstić information content (AvgIpc) is 3.53. The smallest absolute Gasteiger partial charge is 0.356 e. The number of ether oxygens (including phenoxy) is 1. The van der Waals surface area contributed by atoms with Gasteiger partial charge >= 0.3 is 6.18 Å². The van der Waals surface area contributed by atoms with Gasteiger partial charge in [-0.15, -0.1) is 5.10 Å². The van der Waals surface area contributed by atoms with Gasteiger partial charge in [0.15, 0.2) is 11.6 Å². The fraction of sp³-hybridized carbons (Fsp3) is 0.333. The third-order valence-corrected chi connectivity index (χ3v) is 6.37. The molecule has 0 spiro atoms. The Kier molecular flexibility index (Phi) is 6.23. The van der Waals surface area contributed by atoms with E-state index in [0.29, 0.717) is 17.6 Å². The second-order valence-corrected chi connectivity index (χ2v) is 8.69. The number of halogens is 3. The van der Waals surface area contributed by atoms with Crippen LogP contribution >= 0.6 is 0 Å². The minimum Gasteiger partial charge on any atom is -0.356 e. The number of benzene rings is 1. The molecule has 0 aliphatic carbocycles. The number of aromatic nitrogens is 5. The number of carbonyl (C=O) groups excluding carboxylic acids is 1. The Morgan fingerprint density at radius 2 is 1.81 bits per heavy atom. The number of piperazine rings is 1. The first-order valence-electron chi connectivity index (χ1n) is 11.6. The van der Waals surface area contributed by atoms with E-state index in [2.05, 4.69) is 25.6 Å². The van der Waals surface area contributed by atoms with Crippen molar-refractivity contribution >= 4 is 29.0 Å². The van der Waals surface area contributed by atoms with Gasteiger partial charge in [0.25, 0.3) is 11.5 Å². The molecule has 4 aromatic rings. The SMILES string of the molecule is COC(C(=O)N1CCN(c2nc(Nc3cc(C)[nH]n3)c3cccn3n2)CC1)(c1ccccc1)C(F)(F)F. The maximum Gasteiger partial charge on any atom is 0.430 e. The number of amides is 1. The molecule has 10 nitrogen and oxygen atoms in total. The summed E-state index contributed by atoms with van der Waals surface area (Å²) in [6.45, 7) is 2.45. The molecule has 4 heterocycles. The van der Waals surface area contributed by atoms with Gasteiger partial charge in [0.05, 0.1) is 0 Å². The summed E-state index contributed by atoms with van der Waals surface area (Å²) >= 11 is 0. The van der Waals surface area contributed by atoms with Crippen molar-refractivity contribution in [2.24, 2.45) is 0 Å². The summed E-state index contributed by atoms with van der Waals surface area (Å²) in [6.07, 6.45) is -3.18. The van der Waals surface area contributed by atoms with Crippen molar-refractivity contribution in [2.75, 3.05) is 43.5 Å². The normalized spacial score (nSPS) is 16.1. The van der Waals surface area contributed by atoms with Crippen LogP contribution in [0, 0.1) is 6.92 Å². The number of nitrogens with one attached hydrogen (secondary N) is 2. The number of aromatic amines is 1. The Morgan fingerprint density at radius 3 is 2.43 bits per heavy atom. The first kappa shape index (κ1) is 24.6. The van der Waals surface area contributed by atoms with Crippen LogP contribution in [0.25, 0.3) is 5.52 Å². The zero-order chi connectivity index (χ0) is 26.2. The molecule has 1 unspecified atom stereocenters. The van der Waals surface area contributed by atoms with E-state index >= 15 is 0 Å². The molecule has 3 aromatic heterocycles. The number of fused-ring (bicyclic) bond motifs is 1. The Balaban J connectivity index is 1.38. The lowest BCUT2D eigenvalue weighted by Gasteiger charge is -2.41.